The molecule has 0 rings (SSSR count). The molecule has 3 atom stereocenters. The Bertz CT molecular complexity index is 509. The quantitative estimate of drug-likeness (QED) is 0.184. The molecule has 156 valence electrons. The first-order chi connectivity index (χ1) is 12.8. The Morgan fingerprint density at radius 1 is 0.963 bits per heavy atom. The standard InChI is InChI=1S/C15H28N4O6S2/c1-26-5-3-9(16)13(22)17-7-12(21)18-11(8-20)14(23)19-10(15(24)25)4-6-27-2/h9-11,20H,3-8,16H2,1-2H3,(H,17,22)(H,18,21)(H,19,23)(H,24,25). The molecule has 0 aliphatic heterocycles. The summed E-state index contributed by atoms with van der Waals surface area (Å²) in [6, 6.07) is -3.18. The lowest BCUT2D eigenvalue weighted by molar-refractivity contribution is -0.142. The highest BCUT2D eigenvalue weighted by atomic mass is 32.2. The van der Waals surface area contributed by atoms with Crippen LogP contribution in [0, 0.1) is 0 Å². The molecule has 0 fully saturated rings. The smallest absolute Gasteiger partial charge is 0.326 e. The van der Waals surface area contributed by atoms with Crippen LogP contribution >= 0.6 is 23.5 Å². The first kappa shape index (κ1) is 25.5. The molecule has 10 nitrogen and oxygen atoms in total. The molecule has 0 spiro atoms. The highest BCUT2D eigenvalue weighted by molar-refractivity contribution is 7.98. The topological polar surface area (TPSA) is 171 Å². The minimum atomic E-state index is -1.32. The van der Waals surface area contributed by atoms with Gasteiger partial charge in [-0.3, -0.25) is 14.4 Å². The van der Waals surface area contributed by atoms with Gasteiger partial charge in [0.05, 0.1) is 19.2 Å². The lowest BCUT2D eigenvalue weighted by Crippen LogP contribution is -2.55. The molecule has 3 unspecified atom stereocenters. The molecule has 0 aliphatic rings. The van der Waals surface area contributed by atoms with Crippen molar-refractivity contribution >= 4 is 47.2 Å². The van der Waals surface area contributed by atoms with Crippen molar-refractivity contribution in [2.75, 3.05) is 37.2 Å². The van der Waals surface area contributed by atoms with Gasteiger partial charge in [0.1, 0.15) is 12.1 Å². The van der Waals surface area contributed by atoms with E-state index in [1.165, 1.54) is 11.8 Å². The Balaban J connectivity index is 4.51. The summed E-state index contributed by atoms with van der Waals surface area (Å²) < 4.78 is 0. The van der Waals surface area contributed by atoms with Crippen LogP contribution in [0.1, 0.15) is 12.8 Å². The Morgan fingerprint density at radius 3 is 2.07 bits per heavy atom. The third kappa shape index (κ3) is 11.1. The van der Waals surface area contributed by atoms with Gasteiger partial charge >= 0.3 is 5.97 Å². The molecule has 0 aromatic carbocycles. The molecular formula is C15H28N4O6S2. The van der Waals surface area contributed by atoms with Gasteiger partial charge in [0.2, 0.25) is 17.7 Å². The van der Waals surface area contributed by atoms with E-state index >= 15 is 0 Å². The van der Waals surface area contributed by atoms with E-state index < -0.39 is 55.0 Å². The summed E-state index contributed by atoms with van der Waals surface area (Å²) in [4.78, 5) is 46.9. The maximum absolute atomic E-state index is 12.1. The maximum atomic E-state index is 12.1. The van der Waals surface area contributed by atoms with Crippen LogP contribution < -0.4 is 21.7 Å². The van der Waals surface area contributed by atoms with Crippen molar-refractivity contribution in [3.63, 3.8) is 0 Å². The van der Waals surface area contributed by atoms with E-state index in [0.717, 1.165) is 0 Å². The monoisotopic (exact) mass is 424 g/mol. The van der Waals surface area contributed by atoms with E-state index in [0.29, 0.717) is 17.9 Å². The van der Waals surface area contributed by atoms with E-state index in [4.69, 9.17) is 10.8 Å². The summed E-state index contributed by atoms with van der Waals surface area (Å²) >= 11 is 2.97. The number of aliphatic hydroxyl groups is 1. The van der Waals surface area contributed by atoms with Crippen LogP contribution in [-0.4, -0.2) is 89.2 Å². The fraction of sp³-hybridized carbons (Fsp3) is 0.733. The molecule has 0 bridgehead atoms. The zero-order valence-corrected chi connectivity index (χ0v) is 17.0. The summed E-state index contributed by atoms with van der Waals surface area (Å²) in [5, 5.41) is 25.3. The largest absolute Gasteiger partial charge is 0.480 e. The summed E-state index contributed by atoms with van der Waals surface area (Å²) in [7, 11) is 0. The zero-order valence-electron chi connectivity index (χ0n) is 15.4. The normalized spacial score (nSPS) is 13.9. The second-order valence-electron chi connectivity index (χ2n) is 5.59. The molecular weight excluding hydrogens is 396 g/mol. The van der Waals surface area contributed by atoms with Gasteiger partial charge in [-0.25, -0.2) is 4.79 Å². The van der Waals surface area contributed by atoms with Crippen LogP contribution in [0.3, 0.4) is 0 Å². The van der Waals surface area contributed by atoms with E-state index in [1.54, 1.807) is 18.0 Å². The Morgan fingerprint density at radius 2 is 1.56 bits per heavy atom. The van der Waals surface area contributed by atoms with E-state index in [2.05, 4.69) is 16.0 Å². The van der Waals surface area contributed by atoms with Gasteiger partial charge in [-0.1, -0.05) is 0 Å². The number of thioether (sulfide) groups is 2. The highest BCUT2D eigenvalue weighted by Crippen LogP contribution is 2.02. The van der Waals surface area contributed by atoms with Crippen molar-refractivity contribution in [1.82, 2.24) is 16.0 Å². The van der Waals surface area contributed by atoms with Crippen LogP contribution in [0.25, 0.3) is 0 Å². The van der Waals surface area contributed by atoms with Gasteiger partial charge in [0.15, 0.2) is 0 Å². The summed E-state index contributed by atoms with van der Waals surface area (Å²) in [6.45, 7) is -1.13. The minimum Gasteiger partial charge on any atom is -0.480 e. The zero-order chi connectivity index (χ0) is 20.8. The van der Waals surface area contributed by atoms with E-state index in [1.807, 2.05) is 6.26 Å². The molecule has 0 saturated carbocycles. The number of carbonyl (C=O) groups is 4. The maximum Gasteiger partial charge on any atom is 0.326 e. The third-order valence-electron chi connectivity index (χ3n) is 3.45. The van der Waals surface area contributed by atoms with Gasteiger partial charge in [0.25, 0.3) is 0 Å². The van der Waals surface area contributed by atoms with Gasteiger partial charge in [0, 0.05) is 0 Å². The number of hydrogen-bond acceptors (Lipinski definition) is 8. The Kier molecular flexibility index (Phi) is 13.7. The van der Waals surface area contributed by atoms with Crippen molar-refractivity contribution in [2.45, 2.75) is 31.0 Å². The van der Waals surface area contributed by atoms with Crippen LogP contribution in [-0.2, 0) is 19.2 Å². The Hall–Kier alpha value is -1.50. The van der Waals surface area contributed by atoms with E-state index in [9.17, 15) is 24.3 Å². The summed E-state index contributed by atoms with van der Waals surface area (Å²) in [5.41, 5.74) is 5.67. The molecule has 3 amide bonds. The van der Waals surface area contributed by atoms with Crippen LogP contribution in [0.2, 0.25) is 0 Å². The first-order valence-corrected chi connectivity index (χ1v) is 11.0. The van der Waals surface area contributed by atoms with Gasteiger partial charge < -0.3 is 31.9 Å². The first-order valence-electron chi connectivity index (χ1n) is 8.21. The van der Waals surface area contributed by atoms with Crippen LogP contribution in [0.4, 0.5) is 0 Å². The number of carboxylic acid groups (broad SMARTS) is 1. The number of amides is 3. The number of carbonyl (C=O) groups excluding carboxylic acids is 3. The molecule has 12 heteroatoms. The number of nitrogens with two attached hydrogens (primary N) is 1. The number of aliphatic carboxylic acids is 1. The van der Waals surface area contributed by atoms with Crippen molar-refractivity contribution < 1.29 is 29.4 Å². The number of aliphatic hydroxyl groups excluding tert-OH is 1. The van der Waals surface area contributed by atoms with Crippen molar-refractivity contribution in [3.05, 3.63) is 0 Å². The predicted molar refractivity (Wildman–Crippen MR) is 106 cm³/mol. The number of carboxylic acids is 1. The second kappa shape index (κ2) is 14.5. The van der Waals surface area contributed by atoms with Gasteiger partial charge in [-0.05, 0) is 36.9 Å². The number of nitrogens with one attached hydrogen (secondary N) is 3. The molecule has 7 N–H and O–H groups in total. The van der Waals surface area contributed by atoms with E-state index in [-0.39, 0.29) is 6.42 Å². The van der Waals surface area contributed by atoms with Crippen molar-refractivity contribution in [1.29, 1.82) is 0 Å². The molecule has 0 saturated heterocycles. The molecule has 0 radical (unpaired) electrons. The lowest BCUT2D eigenvalue weighted by atomic mass is 10.2. The fourth-order valence-electron chi connectivity index (χ4n) is 1.88. The predicted octanol–water partition coefficient (Wildman–Crippen LogP) is -2.02. The average molecular weight is 425 g/mol. The minimum absolute atomic E-state index is 0.207. The average Bonchev–Trinajstić information content (AvgIpc) is 2.64. The SMILES string of the molecule is CSCCC(N)C(=O)NCC(=O)NC(CO)C(=O)NC(CCSC)C(=O)O. The van der Waals surface area contributed by atoms with Crippen LogP contribution in [0.15, 0.2) is 0 Å². The molecule has 0 aliphatic carbocycles. The van der Waals surface area contributed by atoms with Crippen molar-refractivity contribution in [3.8, 4) is 0 Å². The summed E-state index contributed by atoms with van der Waals surface area (Å²) in [6.07, 6.45) is 4.36. The molecule has 0 aromatic rings. The lowest BCUT2D eigenvalue weighted by Gasteiger charge is -2.20. The van der Waals surface area contributed by atoms with Crippen LogP contribution in [0.5, 0.6) is 0 Å². The third-order valence-corrected chi connectivity index (χ3v) is 4.74. The Labute approximate surface area is 166 Å². The number of hydrogen-bond donors (Lipinski definition) is 6. The molecule has 0 aromatic heterocycles. The van der Waals surface area contributed by atoms with Gasteiger partial charge in [-0.2, -0.15) is 23.5 Å². The fourth-order valence-corrected chi connectivity index (χ4v) is 2.84. The van der Waals surface area contributed by atoms with Gasteiger partial charge in [-0.15, -0.1) is 0 Å². The number of rotatable bonds is 14. The molecule has 0 heterocycles. The highest BCUT2D eigenvalue weighted by Gasteiger charge is 2.26. The second-order valence-corrected chi connectivity index (χ2v) is 7.56. The van der Waals surface area contributed by atoms with Crippen molar-refractivity contribution in [2.24, 2.45) is 5.73 Å². The summed E-state index contributed by atoms with van der Waals surface area (Å²) in [5.74, 6) is -1.99. The molecule has 27 heavy (non-hydrogen) atoms.